The fraction of sp³-hybridized carbons (Fsp3) is 0.0870. The van der Waals surface area contributed by atoms with Gasteiger partial charge in [-0.05, 0) is 35.4 Å². The predicted molar refractivity (Wildman–Crippen MR) is 111 cm³/mol. The van der Waals surface area contributed by atoms with Crippen molar-refractivity contribution in [1.29, 1.82) is 5.26 Å². The summed E-state index contributed by atoms with van der Waals surface area (Å²) in [5.41, 5.74) is 0.256. The Kier molecular flexibility index (Phi) is 6.08. The summed E-state index contributed by atoms with van der Waals surface area (Å²) in [6.07, 6.45) is 0.679. The number of hydrogen-bond acceptors (Lipinski definition) is 4. The number of halogens is 1. The largest absolute Gasteiger partial charge is 0.375 e. The van der Waals surface area contributed by atoms with Gasteiger partial charge >= 0.3 is 0 Å². The van der Waals surface area contributed by atoms with Crippen LogP contribution in [0.25, 0.3) is 0 Å². The van der Waals surface area contributed by atoms with Crippen LogP contribution in [0.5, 0.6) is 0 Å². The van der Waals surface area contributed by atoms with Gasteiger partial charge in [-0.15, -0.1) is 0 Å². The molecule has 29 heavy (non-hydrogen) atoms. The van der Waals surface area contributed by atoms with E-state index in [2.05, 4.69) is 5.32 Å². The third-order valence-electron chi connectivity index (χ3n) is 4.52. The maximum Gasteiger partial charge on any atom is 0.261 e. The van der Waals surface area contributed by atoms with Crippen molar-refractivity contribution < 1.29 is 14.7 Å². The van der Waals surface area contributed by atoms with E-state index in [0.717, 1.165) is 0 Å². The molecule has 3 aromatic rings. The SMILES string of the molecule is N#Cc1ccc(NC(=O)C(O)(Cc2cccc(C=O)c2)c2ccccc2)cc1Cl. The number of carbonyl (C=O) groups is 2. The van der Waals surface area contributed by atoms with Crippen molar-refractivity contribution in [2.24, 2.45) is 0 Å². The molecule has 0 spiro atoms. The van der Waals surface area contributed by atoms with Gasteiger partial charge in [0.15, 0.2) is 5.60 Å². The van der Waals surface area contributed by atoms with E-state index < -0.39 is 11.5 Å². The second kappa shape index (κ2) is 8.70. The molecule has 5 nitrogen and oxygen atoms in total. The van der Waals surface area contributed by atoms with Crippen molar-refractivity contribution in [3.8, 4) is 6.07 Å². The lowest BCUT2D eigenvalue weighted by Gasteiger charge is -2.28. The molecule has 0 aliphatic carbocycles. The zero-order chi connectivity index (χ0) is 20.9. The number of hydrogen-bond donors (Lipinski definition) is 2. The first-order chi connectivity index (χ1) is 14.0. The number of amides is 1. The van der Waals surface area contributed by atoms with Gasteiger partial charge in [0, 0.05) is 17.7 Å². The summed E-state index contributed by atoms with van der Waals surface area (Å²) in [5.74, 6) is -0.652. The standard InChI is InChI=1S/C23H17ClN2O3/c24-21-12-20(10-9-18(21)14-25)26-22(28)23(29,19-7-2-1-3-8-19)13-16-5-4-6-17(11-16)15-27/h1-12,15,29H,13H2,(H,26,28). The van der Waals surface area contributed by atoms with E-state index in [4.69, 9.17) is 16.9 Å². The van der Waals surface area contributed by atoms with Crippen molar-refractivity contribution in [3.63, 3.8) is 0 Å². The lowest BCUT2D eigenvalue weighted by Crippen LogP contribution is -2.42. The summed E-state index contributed by atoms with van der Waals surface area (Å²) in [5, 5.41) is 23.3. The van der Waals surface area contributed by atoms with Crippen molar-refractivity contribution in [2.75, 3.05) is 5.32 Å². The first-order valence-corrected chi connectivity index (χ1v) is 9.17. The number of aldehydes is 1. The third kappa shape index (κ3) is 4.52. The van der Waals surface area contributed by atoms with Crippen LogP contribution in [0.3, 0.4) is 0 Å². The van der Waals surface area contributed by atoms with E-state index >= 15 is 0 Å². The molecule has 0 fully saturated rings. The van der Waals surface area contributed by atoms with Crippen LogP contribution in [0, 0.1) is 11.3 Å². The van der Waals surface area contributed by atoms with E-state index in [9.17, 15) is 14.7 Å². The lowest BCUT2D eigenvalue weighted by atomic mass is 9.86. The van der Waals surface area contributed by atoms with Crippen LogP contribution in [0.4, 0.5) is 5.69 Å². The first kappa shape index (κ1) is 20.3. The van der Waals surface area contributed by atoms with E-state index in [0.29, 0.717) is 28.7 Å². The van der Waals surface area contributed by atoms with E-state index in [1.165, 1.54) is 12.1 Å². The minimum absolute atomic E-state index is 0.0332. The van der Waals surface area contributed by atoms with Crippen LogP contribution in [0.2, 0.25) is 5.02 Å². The summed E-state index contributed by atoms with van der Waals surface area (Å²) in [6, 6.07) is 21.7. The van der Waals surface area contributed by atoms with Gasteiger partial charge in [-0.1, -0.05) is 60.1 Å². The van der Waals surface area contributed by atoms with Gasteiger partial charge in [-0.3, -0.25) is 9.59 Å². The molecule has 0 radical (unpaired) electrons. The molecule has 0 heterocycles. The molecular weight excluding hydrogens is 388 g/mol. The Balaban J connectivity index is 1.96. The highest BCUT2D eigenvalue weighted by molar-refractivity contribution is 6.32. The van der Waals surface area contributed by atoms with Crippen LogP contribution in [0.15, 0.2) is 72.8 Å². The highest BCUT2D eigenvalue weighted by Crippen LogP contribution is 2.29. The van der Waals surface area contributed by atoms with Crippen molar-refractivity contribution in [2.45, 2.75) is 12.0 Å². The number of carbonyl (C=O) groups excluding carboxylic acids is 2. The number of nitrogens with one attached hydrogen (secondary N) is 1. The van der Waals surface area contributed by atoms with Crippen LogP contribution in [-0.2, 0) is 16.8 Å². The third-order valence-corrected chi connectivity index (χ3v) is 4.83. The highest BCUT2D eigenvalue weighted by atomic mass is 35.5. The fourth-order valence-corrected chi connectivity index (χ4v) is 3.24. The normalized spacial score (nSPS) is 12.4. The first-order valence-electron chi connectivity index (χ1n) is 8.79. The molecule has 0 aromatic heterocycles. The Bertz CT molecular complexity index is 1090. The minimum atomic E-state index is -1.89. The van der Waals surface area contributed by atoms with Crippen molar-refractivity contribution in [3.05, 3.63) is 100 Å². The molecule has 0 aliphatic heterocycles. The molecule has 6 heteroatoms. The van der Waals surface area contributed by atoms with Crippen LogP contribution < -0.4 is 5.32 Å². The summed E-state index contributed by atoms with van der Waals surface area (Å²) in [6.45, 7) is 0. The Labute approximate surface area is 173 Å². The second-order valence-corrected chi connectivity index (χ2v) is 6.93. The number of anilines is 1. The van der Waals surface area contributed by atoms with E-state index in [1.54, 1.807) is 60.7 Å². The maximum atomic E-state index is 13.1. The zero-order valence-electron chi connectivity index (χ0n) is 15.3. The average molecular weight is 405 g/mol. The average Bonchev–Trinajstić information content (AvgIpc) is 2.74. The van der Waals surface area contributed by atoms with Crippen molar-refractivity contribution in [1.82, 2.24) is 0 Å². The molecule has 3 aromatic carbocycles. The Morgan fingerprint density at radius 3 is 2.52 bits per heavy atom. The molecule has 144 valence electrons. The van der Waals surface area contributed by atoms with Crippen molar-refractivity contribution >= 4 is 29.5 Å². The topological polar surface area (TPSA) is 90.2 Å². The summed E-state index contributed by atoms with van der Waals surface area (Å²) in [4.78, 5) is 24.2. The summed E-state index contributed by atoms with van der Waals surface area (Å²) in [7, 11) is 0. The molecule has 3 rings (SSSR count). The quantitative estimate of drug-likeness (QED) is 0.605. The van der Waals surface area contributed by atoms with Gasteiger partial charge in [0.1, 0.15) is 12.4 Å². The number of nitrogens with zero attached hydrogens (tertiary/aromatic N) is 1. The number of nitriles is 1. The van der Waals surface area contributed by atoms with Gasteiger partial charge in [0.05, 0.1) is 10.6 Å². The zero-order valence-corrected chi connectivity index (χ0v) is 16.1. The molecule has 0 aliphatic rings. The number of rotatable bonds is 6. The molecule has 1 amide bonds. The monoisotopic (exact) mass is 404 g/mol. The molecule has 0 saturated carbocycles. The van der Waals surface area contributed by atoms with Gasteiger partial charge in [-0.2, -0.15) is 5.26 Å². The van der Waals surface area contributed by atoms with Crippen LogP contribution in [-0.4, -0.2) is 17.3 Å². The van der Waals surface area contributed by atoms with Gasteiger partial charge in [-0.25, -0.2) is 0 Å². The molecular formula is C23H17ClN2O3. The number of benzene rings is 3. The maximum absolute atomic E-state index is 13.1. The number of aliphatic hydroxyl groups is 1. The van der Waals surface area contributed by atoms with E-state index in [1.807, 2.05) is 6.07 Å². The smallest absolute Gasteiger partial charge is 0.261 e. The Morgan fingerprint density at radius 1 is 1.10 bits per heavy atom. The molecule has 2 N–H and O–H groups in total. The molecule has 0 saturated heterocycles. The summed E-state index contributed by atoms with van der Waals surface area (Å²) < 4.78 is 0. The van der Waals surface area contributed by atoms with Gasteiger partial charge in [0.2, 0.25) is 0 Å². The van der Waals surface area contributed by atoms with E-state index in [-0.39, 0.29) is 17.0 Å². The second-order valence-electron chi connectivity index (χ2n) is 6.53. The fourth-order valence-electron chi connectivity index (χ4n) is 3.02. The van der Waals surface area contributed by atoms with Crippen LogP contribution in [0.1, 0.15) is 27.0 Å². The minimum Gasteiger partial charge on any atom is -0.375 e. The van der Waals surface area contributed by atoms with Gasteiger partial charge < -0.3 is 10.4 Å². The Hall–Kier alpha value is -3.46. The molecule has 1 unspecified atom stereocenters. The Morgan fingerprint density at radius 2 is 1.86 bits per heavy atom. The van der Waals surface area contributed by atoms with Crippen LogP contribution >= 0.6 is 11.6 Å². The van der Waals surface area contributed by atoms with Gasteiger partial charge in [0.25, 0.3) is 5.91 Å². The molecule has 1 atom stereocenters. The molecule has 0 bridgehead atoms. The summed E-state index contributed by atoms with van der Waals surface area (Å²) >= 11 is 6.04. The lowest BCUT2D eigenvalue weighted by molar-refractivity contribution is -0.135. The highest BCUT2D eigenvalue weighted by Gasteiger charge is 2.38. The predicted octanol–water partition coefficient (Wildman–Crippen LogP) is 4.09.